The average molecular weight is 433 g/mol. The summed E-state index contributed by atoms with van der Waals surface area (Å²) in [6, 6.07) is 0. The number of allylic oxidation sites excluding steroid dienone is 2. The number of hydrogen-bond donors (Lipinski definition) is 3. The van der Waals surface area contributed by atoms with Crippen LogP contribution in [0.2, 0.25) is 0 Å². The van der Waals surface area contributed by atoms with Gasteiger partial charge in [-0.3, -0.25) is 0 Å². The molecule has 3 saturated carbocycles. The molecule has 4 aliphatic carbocycles. The molecule has 0 aromatic heterocycles. The lowest BCUT2D eigenvalue weighted by molar-refractivity contribution is -0.190. The second-order valence-corrected chi connectivity index (χ2v) is 11.2. The zero-order valence-electron chi connectivity index (χ0n) is 19.5. The fourth-order valence-electron chi connectivity index (χ4n) is 8.10. The van der Waals surface area contributed by atoms with Gasteiger partial charge in [0.2, 0.25) is 0 Å². The Balaban J connectivity index is 1.59. The van der Waals surface area contributed by atoms with Gasteiger partial charge in [-0.05, 0) is 75.0 Å². The summed E-state index contributed by atoms with van der Waals surface area (Å²) in [4.78, 5) is 11.8. The van der Waals surface area contributed by atoms with E-state index in [1.165, 1.54) is 11.6 Å². The zero-order chi connectivity index (χ0) is 22.6. The molecule has 3 fully saturated rings. The zero-order valence-corrected chi connectivity index (χ0v) is 19.5. The molecule has 5 nitrogen and oxygen atoms in total. The van der Waals surface area contributed by atoms with Crippen LogP contribution in [0.5, 0.6) is 0 Å². The Hall–Kier alpha value is -1.17. The first-order valence-electron chi connectivity index (χ1n) is 12.2. The highest BCUT2D eigenvalue weighted by Gasteiger charge is 2.68. The molecule has 0 amide bonds. The fraction of sp³-hybridized carbons (Fsp3) is 0.808. The van der Waals surface area contributed by atoms with Gasteiger partial charge in [-0.1, -0.05) is 38.5 Å². The average Bonchev–Trinajstić information content (AvgIpc) is 2.94. The second-order valence-electron chi connectivity index (χ2n) is 11.2. The van der Waals surface area contributed by atoms with Crippen molar-refractivity contribution < 1.29 is 24.9 Å². The Morgan fingerprint density at radius 2 is 2.00 bits per heavy atom. The molecule has 3 N–H and O–H groups in total. The first kappa shape index (κ1) is 23.0. The summed E-state index contributed by atoms with van der Waals surface area (Å²) in [6.45, 7) is 8.30. The molecule has 0 bridgehead atoms. The van der Waals surface area contributed by atoms with E-state index >= 15 is 0 Å². The van der Waals surface area contributed by atoms with Crippen LogP contribution < -0.4 is 0 Å². The van der Waals surface area contributed by atoms with E-state index in [2.05, 4.69) is 19.9 Å². The van der Waals surface area contributed by atoms with Crippen molar-refractivity contribution in [1.82, 2.24) is 0 Å². The van der Waals surface area contributed by atoms with Crippen LogP contribution in [0.1, 0.15) is 72.6 Å². The van der Waals surface area contributed by atoms with E-state index in [-0.39, 0.29) is 30.0 Å². The van der Waals surface area contributed by atoms with Gasteiger partial charge in [-0.15, -0.1) is 0 Å². The van der Waals surface area contributed by atoms with Gasteiger partial charge in [0, 0.05) is 17.4 Å². The van der Waals surface area contributed by atoms with E-state index in [1.54, 1.807) is 13.0 Å². The molecular weight excluding hydrogens is 392 g/mol. The molecule has 4 aliphatic rings. The molecule has 0 heterocycles. The van der Waals surface area contributed by atoms with E-state index < -0.39 is 23.1 Å². The van der Waals surface area contributed by atoms with Gasteiger partial charge in [0.15, 0.2) is 0 Å². The minimum atomic E-state index is -1.27. The number of aliphatic hydroxyl groups is 3. The summed E-state index contributed by atoms with van der Waals surface area (Å²) in [5.41, 5.74) is -0.125. The van der Waals surface area contributed by atoms with Gasteiger partial charge in [0.05, 0.1) is 18.8 Å². The monoisotopic (exact) mass is 432 g/mol. The van der Waals surface area contributed by atoms with Crippen molar-refractivity contribution in [2.24, 2.45) is 34.5 Å². The highest BCUT2D eigenvalue weighted by Crippen LogP contribution is 2.68. The molecule has 0 radical (unpaired) electrons. The molecule has 31 heavy (non-hydrogen) atoms. The molecule has 0 saturated heterocycles. The first-order valence-corrected chi connectivity index (χ1v) is 12.2. The van der Waals surface area contributed by atoms with Crippen LogP contribution in [0, 0.1) is 34.5 Å². The Morgan fingerprint density at radius 3 is 2.71 bits per heavy atom. The van der Waals surface area contributed by atoms with Crippen LogP contribution in [0.3, 0.4) is 0 Å². The normalized spacial score (nSPS) is 47.8. The number of rotatable bonds is 4. The lowest BCUT2D eigenvalue weighted by Gasteiger charge is -2.59. The van der Waals surface area contributed by atoms with Crippen molar-refractivity contribution in [3.8, 4) is 0 Å². The molecule has 0 aromatic rings. The summed E-state index contributed by atoms with van der Waals surface area (Å²) in [6.07, 6.45) is 10.5. The minimum absolute atomic E-state index is 0.104. The number of esters is 1. The Labute approximate surface area is 186 Å². The van der Waals surface area contributed by atoms with Gasteiger partial charge in [-0.25, -0.2) is 4.79 Å². The van der Waals surface area contributed by atoms with Gasteiger partial charge in [-0.2, -0.15) is 0 Å². The number of fused-ring (bicyclic) bond motifs is 5. The summed E-state index contributed by atoms with van der Waals surface area (Å²) in [7, 11) is 0. The molecule has 0 aliphatic heterocycles. The maximum absolute atomic E-state index is 11.9. The van der Waals surface area contributed by atoms with Crippen molar-refractivity contribution in [3.05, 3.63) is 23.8 Å². The van der Waals surface area contributed by atoms with E-state index in [0.717, 1.165) is 38.5 Å². The van der Waals surface area contributed by atoms with Crippen LogP contribution >= 0.6 is 0 Å². The fourth-order valence-corrected chi connectivity index (χ4v) is 8.10. The number of hydrogen-bond acceptors (Lipinski definition) is 5. The van der Waals surface area contributed by atoms with Crippen LogP contribution in [-0.2, 0) is 9.53 Å². The Kier molecular flexibility index (Phi) is 5.94. The largest absolute Gasteiger partial charge is 0.462 e. The molecular formula is C26H40O5. The van der Waals surface area contributed by atoms with Gasteiger partial charge in [0.1, 0.15) is 5.60 Å². The minimum Gasteiger partial charge on any atom is -0.462 e. The van der Waals surface area contributed by atoms with Gasteiger partial charge < -0.3 is 20.1 Å². The highest BCUT2D eigenvalue weighted by atomic mass is 16.5. The third-order valence-corrected chi connectivity index (χ3v) is 9.90. The van der Waals surface area contributed by atoms with E-state index in [0.29, 0.717) is 18.3 Å². The van der Waals surface area contributed by atoms with Crippen molar-refractivity contribution in [3.63, 3.8) is 0 Å². The number of carbonyl (C=O) groups excluding carboxylic acids is 1. The van der Waals surface area contributed by atoms with E-state index in [9.17, 15) is 20.1 Å². The van der Waals surface area contributed by atoms with Crippen LogP contribution in [0.15, 0.2) is 23.8 Å². The first-order chi connectivity index (χ1) is 14.6. The van der Waals surface area contributed by atoms with E-state index in [1.807, 2.05) is 6.92 Å². The number of ether oxygens (including phenoxy) is 1. The Morgan fingerprint density at radius 1 is 1.26 bits per heavy atom. The molecule has 174 valence electrons. The van der Waals surface area contributed by atoms with Crippen molar-refractivity contribution in [2.45, 2.75) is 90.4 Å². The second kappa shape index (κ2) is 8.00. The van der Waals surface area contributed by atoms with Crippen molar-refractivity contribution in [2.75, 3.05) is 6.61 Å². The number of aliphatic hydroxyl groups excluding tert-OH is 2. The summed E-state index contributed by atoms with van der Waals surface area (Å²) in [5.74, 6) is 0.452. The third-order valence-electron chi connectivity index (χ3n) is 9.90. The predicted molar refractivity (Wildman–Crippen MR) is 119 cm³/mol. The standard InChI is InChI=1S/C26H40O5/c1-5-6-23(29)31-15-16(2)26(30)22(28)14-21-19-8-7-17-13-18(27)9-11-24(17,3)20(19)10-12-25(21,26)4/h5-7,16,18-22,27-28,30H,8-15H2,1-4H3/t16-,18+,19-,20+,21+,22+,24+,25+,26-/m1/s1. The van der Waals surface area contributed by atoms with Crippen molar-refractivity contribution in [1.29, 1.82) is 0 Å². The summed E-state index contributed by atoms with van der Waals surface area (Å²) in [5, 5.41) is 33.3. The molecule has 0 unspecified atom stereocenters. The molecule has 5 heteroatoms. The van der Waals surface area contributed by atoms with Gasteiger partial charge in [0.25, 0.3) is 0 Å². The van der Waals surface area contributed by atoms with Crippen LogP contribution in [0.4, 0.5) is 0 Å². The SMILES string of the molecule is CC=CC(=O)OC[C@@H](C)[C@@]1(O)[C@@H](O)C[C@H]2[C@@H]3CC=C4C[C@@H](O)CC[C@]4(C)[C@H]3CC[C@@]21C. The highest BCUT2D eigenvalue weighted by molar-refractivity contribution is 5.81. The summed E-state index contributed by atoms with van der Waals surface area (Å²) >= 11 is 0. The lowest BCUT2D eigenvalue weighted by atomic mass is 9.46. The molecule has 0 aromatic carbocycles. The molecule has 4 rings (SSSR count). The van der Waals surface area contributed by atoms with Crippen LogP contribution in [0.25, 0.3) is 0 Å². The topological polar surface area (TPSA) is 87.0 Å². The lowest BCUT2D eigenvalue weighted by Crippen LogP contribution is -2.60. The van der Waals surface area contributed by atoms with Crippen molar-refractivity contribution >= 4 is 5.97 Å². The van der Waals surface area contributed by atoms with Gasteiger partial charge >= 0.3 is 5.97 Å². The maximum atomic E-state index is 11.9. The summed E-state index contributed by atoms with van der Waals surface area (Å²) < 4.78 is 5.37. The van der Waals surface area contributed by atoms with E-state index in [4.69, 9.17) is 4.74 Å². The molecule has 9 atom stereocenters. The quantitative estimate of drug-likeness (QED) is 0.358. The predicted octanol–water partition coefficient (Wildman–Crippen LogP) is 3.77. The third kappa shape index (κ3) is 3.34. The van der Waals surface area contributed by atoms with Crippen LogP contribution in [-0.4, -0.2) is 45.7 Å². The Bertz CT molecular complexity index is 774. The number of carbonyl (C=O) groups is 1. The molecule has 0 spiro atoms. The smallest absolute Gasteiger partial charge is 0.330 e. The maximum Gasteiger partial charge on any atom is 0.330 e.